The van der Waals surface area contributed by atoms with Crippen LogP contribution < -0.4 is 0 Å². The number of rotatable bonds is 2. The number of hydrogen-bond donors (Lipinski definition) is 1. The van der Waals surface area contributed by atoms with Gasteiger partial charge in [-0.1, -0.05) is 0 Å². The molecule has 0 aliphatic rings. The number of halogens is 1. The molecule has 0 radical (unpaired) electrons. The largest absolute Gasteiger partial charge is 0.392 e. The highest BCUT2D eigenvalue weighted by Gasteiger charge is 2.10. The standard InChI is InChI=1S/C10H7IO2S/c11-9-3-6(4-12)10-7(1-2-14-10)8(9)5-13/h1-3,5,12H,4H2. The number of hydrogen-bond acceptors (Lipinski definition) is 3. The van der Waals surface area contributed by atoms with E-state index < -0.39 is 0 Å². The van der Waals surface area contributed by atoms with Crippen molar-refractivity contribution in [2.24, 2.45) is 0 Å². The maximum Gasteiger partial charge on any atom is 0.151 e. The number of thiophene rings is 1. The number of aldehydes is 1. The number of carbonyl (C=O) groups excluding carboxylic acids is 1. The Hall–Kier alpha value is -0.460. The Morgan fingerprint density at radius 2 is 2.36 bits per heavy atom. The Bertz CT molecular complexity index is 490. The van der Waals surface area contributed by atoms with E-state index in [1.807, 2.05) is 17.5 Å². The van der Waals surface area contributed by atoms with Gasteiger partial charge in [-0.05, 0) is 45.7 Å². The summed E-state index contributed by atoms with van der Waals surface area (Å²) in [6, 6.07) is 3.79. The summed E-state index contributed by atoms with van der Waals surface area (Å²) in [6.07, 6.45) is 0.873. The molecule has 2 rings (SSSR count). The molecule has 1 aromatic heterocycles. The Kier molecular flexibility index (Phi) is 2.85. The van der Waals surface area contributed by atoms with E-state index in [0.29, 0.717) is 0 Å². The molecule has 1 aromatic carbocycles. The van der Waals surface area contributed by atoms with E-state index in [-0.39, 0.29) is 6.61 Å². The van der Waals surface area contributed by atoms with Crippen LogP contribution in [0.15, 0.2) is 17.5 Å². The van der Waals surface area contributed by atoms with Crippen molar-refractivity contribution >= 4 is 50.3 Å². The molecule has 4 heteroatoms. The normalized spacial score (nSPS) is 10.7. The predicted octanol–water partition coefficient (Wildman–Crippen LogP) is 2.81. The molecule has 0 atom stereocenters. The van der Waals surface area contributed by atoms with E-state index >= 15 is 0 Å². The zero-order valence-corrected chi connectivity index (χ0v) is 10.1. The van der Waals surface area contributed by atoms with Crippen molar-refractivity contribution in [3.63, 3.8) is 0 Å². The molecular weight excluding hydrogens is 311 g/mol. The first kappa shape index (κ1) is 10.1. The molecular formula is C10H7IO2S. The molecule has 0 fully saturated rings. The van der Waals surface area contributed by atoms with Gasteiger partial charge in [0.1, 0.15) is 0 Å². The lowest BCUT2D eigenvalue weighted by molar-refractivity contribution is 0.112. The summed E-state index contributed by atoms with van der Waals surface area (Å²) in [6.45, 7) is 0.0200. The minimum Gasteiger partial charge on any atom is -0.392 e. The van der Waals surface area contributed by atoms with Crippen LogP contribution in [0.1, 0.15) is 15.9 Å². The van der Waals surface area contributed by atoms with Crippen molar-refractivity contribution in [2.75, 3.05) is 0 Å². The molecule has 0 unspecified atom stereocenters. The van der Waals surface area contributed by atoms with E-state index in [0.717, 1.165) is 31.1 Å². The molecule has 0 amide bonds. The highest BCUT2D eigenvalue weighted by atomic mass is 127. The van der Waals surface area contributed by atoms with Gasteiger partial charge in [0.25, 0.3) is 0 Å². The Balaban J connectivity index is 2.88. The molecule has 0 spiro atoms. The third-order valence-electron chi connectivity index (χ3n) is 2.09. The van der Waals surface area contributed by atoms with Crippen LogP contribution in [0.3, 0.4) is 0 Å². The average Bonchev–Trinajstić information content (AvgIpc) is 2.65. The van der Waals surface area contributed by atoms with Gasteiger partial charge in [0, 0.05) is 19.2 Å². The van der Waals surface area contributed by atoms with Gasteiger partial charge in [0.05, 0.1) is 6.61 Å². The maximum atomic E-state index is 10.9. The van der Waals surface area contributed by atoms with Gasteiger partial charge in [0.2, 0.25) is 0 Å². The topological polar surface area (TPSA) is 37.3 Å². The molecule has 72 valence electrons. The summed E-state index contributed by atoms with van der Waals surface area (Å²) in [5, 5.41) is 12.0. The van der Waals surface area contributed by atoms with Gasteiger partial charge in [-0.3, -0.25) is 4.79 Å². The first-order valence-electron chi connectivity index (χ1n) is 4.02. The van der Waals surface area contributed by atoms with Crippen LogP contribution in [-0.4, -0.2) is 11.4 Å². The van der Waals surface area contributed by atoms with Crippen molar-refractivity contribution in [1.82, 2.24) is 0 Å². The second-order valence-electron chi connectivity index (χ2n) is 2.87. The molecule has 0 aliphatic heterocycles. The lowest BCUT2D eigenvalue weighted by atomic mass is 10.1. The molecule has 0 saturated carbocycles. The van der Waals surface area contributed by atoms with E-state index in [9.17, 15) is 4.79 Å². The Labute approximate surface area is 98.7 Å². The minimum atomic E-state index is 0.0200. The predicted molar refractivity (Wildman–Crippen MR) is 65.9 cm³/mol. The van der Waals surface area contributed by atoms with Crippen LogP contribution in [0, 0.1) is 3.57 Å². The van der Waals surface area contributed by atoms with Crippen molar-refractivity contribution in [1.29, 1.82) is 0 Å². The summed E-state index contributed by atoms with van der Waals surface area (Å²) in [5.74, 6) is 0. The Morgan fingerprint density at radius 1 is 1.57 bits per heavy atom. The highest BCUT2D eigenvalue weighted by Crippen LogP contribution is 2.30. The SMILES string of the molecule is O=Cc1c(I)cc(CO)c2sccc12. The van der Waals surface area contributed by atoms with Crippen LogP contribution >= 0.6 is 33.9 Å². The summed E-state index contributed by atoms with van der Waals surface area (Å²) in [5.41, 5.74) is 1.61. The molecule has 1 heterocycles. The lowest BCUT2D eigenvalue weighted by Crippen LogP contribution is -1.91. The smallest absolute Gasteiger partial charge is 0.151 e. The zero-order chi connectivity index (χ0) is 10.1. The quantitative estimate of drug-likeness (QED) is 0.683. The van der Waals surface area contributed by atoms with Gasteiger partial charge in [0.15, 0.2) is 6.29 Å². The van der Waals surface area contributed by atoms with Crippen LogP contribution in [-0.2, 0) is 6.61 Å². The first-order valence-corrected chi connectivity index (χ1v) is 5.98. The van der Waals surface area contributed by atoms with E-state index in [2.05, 4.69) is 22.6 Å². The number of carbonyl (C=O) groups is 1. The second-order valence-corrected chi connectivity index (χ2v) is 4.95. The lowest BCUT2D eigenvalue weighted by Gasteiger charge is -2.03. The summed E-state index contributed by atoms with van der Waals surface area (Å²) in [7, 11) is 0. The third-order valence-corrected chi connectivity index (χ3v) is 3.98. The summed E-state index contributed by atoms with van der Waals surface area (Å²) in [4.78, 5) is 10.9. The fourth-order valence-corrected chi connectivity index (χ4v) is 3.15. The summed E-state index contributed by atoms with van der Waals surface area (Å²) >= 11 is 3.67. The fraction of sp³-hybridized carbons (Fsp3) is 0.100. The van der Waals surface area contributed by atoms with E-state index in [1.54, 1.807) is 11.3 Å². The Morgan fingerprint density at radius 3 is 3.00 bits per heavy atom. The molecule has 0 bridgehead atoms. The van der Waals surface area contributed by atoms with Crippen LogP contribution in [0.2, 0.25) is 0 Å². The van der Waals surface area contributed by atoms with Gasteiger partial charge < -0.3 is 5.11 Å². The van der Waals surface area contributed by atoms with Crippen LogP contribution in [0.5, 0.6) is 0 Å². The third kappa shape index (κ3) is 1.47. The van der Waals surface area contributed by atoms with E-state index in [4.69, 9.17) is 5.11 Å². The first-order chi connectivity index (χ1) is 6.77. The molecule has 1 N–H and O–H groups in total. The molecule has 2 aromatic rings. The van der Waals surface area contributed by atoms with Crippen molar-refractivity contribution in [2.45, 2.75) is 6.61 Å². The second kappa shape index (κ2) is 3.96. The average molecular weight is 318 g/mol. The number of aliphatic hydroxyl groups excluding tert-OH is 1. The number of aliphatic hydroxyl groups is 1. The fourth-order valence-electron chi connectivity index (χ4n) is 1.43. The van der Waals surface area contributed by atoms with Crippen LogP contribution in [0.4, 0.5) is 0 Å². The maximum absolute atomic E-state index is 10.9. The minimum absolute atomic E-state index is 0.0200. The van der Waals surface area contributed by atoms with Gasteiger partial charge in [-0.15, -0.1) is 11.3 Å². The van der Waals surface area contributed by atoms with E-state index in [1.165, 1.54) is 0 Å². The zero-order valence-electron chi connectivity index (χ0n) is 7.16. The molecule has 14 heavy (non-hydrogen) atoms. The van der Waals surface area contributed by atoms with Crippen molar-refractivity contribution in [3.05, 3.63) is 32.2 Å². The summed E-state index contributed by atoms with van der Waals surface area (Å²) < 4.78 is 1.91. The molecule has 0 aliphatic carbocycles. The number of benzene rings is 1. The van der Waals surface area contributed by atoms with Gasteiger partial charge in [-0.25, -0.2) is 0 Å². The van der Waals surface area contributed by atoms with Crippen molar-refractivity contribution in [3.8, 4) is 0 Å². The van der Waals surface area contributed by atoms with Gasteiger partial charge in [-0.2, -0.15) is 0 Å². The molecule has 2 nitrogen and oxygen atoms in total. The monoisotopic (exact) mass is 318 g/mol. The van der Waals surface area contributed by atoms with Crippen molar-refractivity contribution < 1.29 is 9.90 Å². The van der Waals surface area contributed by atoms with Crippen LogP contribution in [0.25, 0.3) is 10.1 Å². The highest BCUT2D eigenvalue weighted by molar-refractivity contribution is 14.1. The van der Waals surface area contributed by atoms with Gasteiger partial charge >= 0.3 is 0 Å². The molecule has 0 saturated heterocycles. The number of fused-ring (bicyclic) bond motifs is 1.